The number of nitrogens with two attached hydrogens (primary N) is 1. The highest BCUT2D eigenvalue weighted by atomic mass is 16.3. The van der Waals surface area contributed by atoms with Crippen molar-refractivity contribution in [3.05, 3.63) is 23.2 Å². The van der Waals surface area contributed by atoms with Crippen LogP contribution in [0.4, 0.5) is 0 Å². The lowest BCUT2D eigenvalue weighted by Gasteiger charge is -2.17. The fraction of sp³-hybridized carbons (Fsp3) is 0.556. The molecule has 0 fully saturated rings. The van der Waals surface area contributed by atoms with Gasteiger partial charge in [-0.2, -0.15) is 0 Å². The van der Waals surface area contributed by atoms with Crippen molar-refractivity contribution in [3.63, 3.8) is 0 Å². The molecule has 0 radical (unpaired) electrons. The Morgan fingerprint density at radius 3 is 2.50 bits per heavy atom. The number of aliphatic hydroxyl groups is 1. The van der Waals surface area contributed by atoms with Gasteiger partial charge < -0.3 is 15.3 Å². The first-order valence-corrected chi connectivity index (χ1v) is 3.94. The van der Waals surface area contributed by atoms with Crippen LogP contribution in [-0.2, 0) is 5.54 Å². The molecule has 1 heterocycles. The standard InChI is InChI=1S/C9H15NO2/c1-6-4-8(12-7(6)2)9(3,10)5-11/h4,11H,5,10H2,1-3H3/t9-/m0/s1. The zero-order valence-electron chi connectivity index (χ0n) is 7.72. The molecule has 0 spiro atoms. The highest BCUT2D eigenvalue weighted by Gasteiger charge is 2.24. The second-order valence-electron chi connectivity index (χ2n) is 3.43. The third-order valence-corrected chi connectivity index (χ3v) is 2.06. The summed E-state index contributed by atoms with van der Waals surface area (Å²) < 4.78 is 5.38. The van der Waals surface area contributed by atoms with E-state index < -0.39 is 5.54 Å². The van der Waals surface area contributed by atoms with E-state index in [2.05, 4.69) is 0 Å². The maximum atomic E-state index is 8.96. The van der Waals surface area contributed by atoms with Gasteiger partial charge in [0, 0.05) is 0 Å². The fourth-order valence-corrected chi connectivity index (χ4v) is 0.933. The lowest BCUT2D eigenvalue weighted by Crippen LogP contribution is -2.36. The van der Waals surface area contributed by atoms with Crippen LogP contribution in [0.5, 0.6) is 0 Å². The molecule has 0 amide bonds. The van der Waals surface area contributed by atoms with Gasteiger partial charge in [0.25, 0.3) is 0 Å². The summed E-state index contributed by atoms with van der Waals surface area (Å²) in [4.78, 5) is 0. The van der Waals surface area contributed by atoms with E-state index in [1.54, 1.807) is 6.92 Å². The van der Waals surface area contributed by atoms with Gasteiger partial charge in [-0.25, -0.2) is 0 Å². The molecule has 1 atom stereocenters. The predicted octanol–water partition coefficient (Wildman–Crippen LogP) is 1.06. The van der Waals surface area contributed by atoms with Crippen LogP contribution in [0, 0.1) is 13.8 Å². The molecular formula is C9H15NO2. The van der Waals surface area contributed by atoms with Crippen molar-refractivity contribution in [2.45, 2.75) is 26.3 Å². The molecule has 0 saturated heterocycles. The monoisotopic (exact) mass is 169 g/mol. The Bertz CT molecular complexity index is 257. The third-order valence-electron chi connectivity index (χ3n) is 2.06. The maximum Gasteiger partial charge on any atom is 0.126 e. The van der Waals surface area contributed by atoms with Gasteiger partial charge in [0.15, 0.2) is 0 Å². The first-order chi connectivity index (χ1) is 5.47. The van der Waals surface area contributed by atoms with Crippen LogP contribution < -0.4 is 5.73 Å². The van der Waals surface area contributed by atoms with Crippen LogP contribution in [0.25, 0.3) is 0 Å². The molecule has 0 aromatic carbocycles. The molecule has 12 heavy (non-hydrogen) atoms. The molecule has 0 unspecified atom stereocenters. The van der Waals surface area contributed by atoms with E-state index in [1.165, 1.54) is 0 Å². The van der Waals surface area contributed by atoms with Crippen LogP contribution in [0.15, 0.2) is 10.5 Å². The maximum absolute atomic E-state index is 8.96. The SMILES string of the molecule is Cc1cc([C@@](C)(N)CO)oc1C. The van der Waals surface area contributed by atoms with Crippen molar-refractivity contribution in [1.82, 2.24) is 0 Å². The van der Waals surface area contributed by atoms with E-state index >= 15 is 0 Å². The van der Waals surface area contributed by atoms with Gasteiger partial charge in [-0.1, -0.05) is 0 Å². The molecule has 3 N–H and O–H groups in total. The zero-order chi connectivity index (χ0) is 9.35. The Kier molecular flexibility index (Phi) is 2.26. The molecule has 3 nitrogen and oxygen atoms in total. The summed E-state index contributed by atoms with van der Waals surface area (Å²) in [6, 6.07) is 1.87. The van der Waals surface area contributed by atoms with Crippen molar-refractivity contribution < 1.29 is 9.52 Å². The highest BCUT2D eigenvalue weighted by molar-refractivity contribution is 5.23. The minimum atomic E-state index is -0.765. The summed E-state index contributed by atoms with van der Waals surface area (Å²) in [6.07, 6.45) is 0. The molecule has 1 aromatic rings. The van der Waals surface area contributed by atoms with Crippen molar-refractivity contribution in [1.29, 1.82) is 0 Å². The fourth-order valence-electron chi connectivity index (χ4n) is 0.933. The normalized spacial score (nSPS) is 16.1. The van der Waals surface area contributed by atoms with Crippen LogP contribution >= 0.6 is 0 Å². The lowest BCUT2D eigenvalue weighted by atomic mass is 10.0. The van der Waals surface area contributed by atoms with E-state index in [4.69, 9.17) is 15.3 Å². The Hall–Kier alpha value is -0.800. The van der Waals surface area contributed by atoms with Crippen molar-refractivity contribution in [2.24, 2.45) is 5.73 Å². The minimum absolute atomic E-state index is 0.112. The van der Waals surface area contributed by atoms with Crippen LogP contribution in [0.3, 0.4) is 0 Å². The number of hydrogen-bond acceptors (Lipinski definition) is 3. The van der Waals surface area contributed by atoms with E-state index in [1.807, 2.05) is 19.9 Å². The highest BCUT2D eigenvalue weighted by Crippen LogP contribution is 2.22. The molecule has 0 aliphatic heterocycles. The number of furan rings is 1. The summed E-state index contributed by atoms with van der Waals surface area (Å²) in [5.74, 6) is 1.50. The largest absolute Gasteiger partial charge is 0.464 e. The quantitative estimate of drug-likeness (QED) is 0.696. The minimum Gasteiger partial charge on any atom is -0.464 e. The second kappa shape index (κ2) is 2.92. The van der Waals surface area contributed by atoms with Gasteiger partial charge in [0.05, 0.1) is 12.1 Å². The zero-order valence-corrected chi connectivity index (χ0v) is 7.72. The Morgan fingerprint density at radius 1 is 1.58 bits per heavy atom. The molecule has 0 bridgehead atoms. The van der Waals surface area contributed by atoms with Crippen LogP contribution in [0.1, 0.15) is 24.0 Å². The summed E-state index contributed by atoms with van der Waals surface area (Å²) in [5, 5.41) is 8.96. The first-order valence-electron chi connectivity index (χ1n) is 3.94. The summed E-state index contributed by atoms with van der Waals surface area (Å²) >= 11 is 0. The van der Waals surface area contributed by atoms with Crippen LogP contribution in [-0.4, -0.2) is 11.7 Å². The van der Waals surface area contributed by atoms with Crippen molar-refractivity contribution in [3.8, 4) is 0 Å². The molecule has 68 valence electrons. The van der Waals surface area contributed by atoms with E-state index in [0.717, 1.165) is 11.3 Å². The predicted molar refractivity (Wildman–Crippen MR) is 46.8 cm³/mol. The number of aryl methyl sites for hydroxylation is 2. The topological polar surface area (TPSA) is 59.4 Å². The molecule has 0 aliphatic carbocycles. The molecule has 0 aliphatic rings. The second-order valence-corrected chi connectivity index (χ2v) is 3.43. The van der Waals surface area contributed by atoms with Crippen molar-refractivity contribution >= 4 is 0 Å². The van der Waals surface area contributed by atoms with Crippen LogP contribution in [0.2, 0.25) is 0 Å². The molecule has 3 heteroatoms. The van der Waals surface area contributed by atoms with E-state index in [0.29, 0.717) is 5.76 Å². The Labute approximate surface area is 72.2 Å². The molecular weight excluding hydrogens is 154 g/mol. The Morgan fingerprint density at radius 2 is 2.17 bits per heavy atom. The average molecular weight is 169 g/mol. The van der Waals surface area contributed by atoms with Gasteiger partial charge in [-0.15, -0.1) is 0 Å². The molecule has 0 saturated carbocycles. The number of rotatable bonds is 2. The molecule has 1 aromatic heterocycles. The summed E-state index contributed by atoms with van der Waals surface area (Å²) in [6.45, 7) is 5.46. The average Bonchev–Trinajstić information content (AvgIpc) is 2.33. The number of hydrogen-bond donors (Lipinski definition) is 2. The summed E-state index contributed by atoms with van der Waals surface area (Å²) in [7, 11) is 0. The van der Waals surface area contributed by atoms with Gasteiger partial charge >= 0.3 is 0 Å². The number of aliphatic hydroxyl groups excluding tert-OH is 1. The lowest BCUT2D eigenvalue weighted by molar-refractivity contribution is 0.187. The van der Waals surface area contributed by atoms with E-state index in [-0.39, 0.29) is 6.61 Å². The van der Waals surface area contributed by atoms with Gasteiger partial charge in [0.1, 0.15) is 11.5 Å². The van der Waals surface area contributed by atoms with Gasteiger partial charge in [0.2, 0.25) is 0 Å². The Balaban J connectivity index is 3.04. The third kappa shape index (κ3) is 1.52. The summed E-state index contributed by atoms with van der Waals surface area (Å²) in [5.41, 5.74) is 6.08. The van der Waals surface area contributed by atoms with Crippen molar-refractivity contribution in [2.75, 3.05) is 6.61 Å². The molecule has 1 rings (SSSR count). The smallest absolute Gasteiger partial charge is 0.126 e. The van der Waals surface area contributed by atoms with Gasteiger partial charge in [-0.3, -0.25) is 0 Å². The first kappa shape index (κ1) is 9.29. The van der Waals surface area contributed by atoms with E-state index in [9.17, 15) is 0 Å². The van der Waals surface area contributed by atoms with Gasteiger partial charge in [-0.05, 0) is 32.4 Å².